The second-order valence-electron chi connectivity index (χ2n) is 7.51. The number of nitrogens with one attached hydrogen (secondary N) is 1. The van der Waals surface area contributed by atoms with Crippen molar-refractivity contribution in [3.63, 3.8) is 0 Å². The van der Waals surface area contributed by atoms with Gasteiger partial charge in [0.25, 0.3) is 0 Å². The SMILES string of the molecule is COc1ccc(NC(=O)Cc2csc(Cc3ccccc3)n2)cc1N1CCCCC1=O. The van der Waals surface area contributed by atoms with Crippen LogP contribution in [0.15, 0.2) is 53.9 Å². The Morgan fingerprint density at radius 3 is 2.81 bits per heavy atom. The molecule has 2 aromatic carbocycles. The number of hydrogen-bond acceptors (Lipinski definition) is 5. The number of piperidine rings is 1. The largest absolute Gasteiger partial charge is 0.495 e. The molecule has 6 nitrogen and oxygen atoms in total. The van der Waals surface area contributed by atoms with Gasteiger partial charge in [0.1, 0.15) is 5.75 Å². The Morgan fingerprint density at radius 1 is 1.19 bits per heavy atom. The number of carbonyl (C=O) groups excluding carboxylic acids is 2. The minimum atomic E-state index is -0.141. The van der Waals surface area contributed by atoms with Crippen molar-refractivity contribution in [2.24, 2.45) is 0 Å². The van der Waals surface area contributed by atoms with Crippen molar-refractivity contribution in [1.29, 1.82) is 0 Å². The first-order valence-corrected chi connectivity index (χ1v) is 11.3. The lowest BCUT2D eigenvalue weighted by molar-refractivity contribution is -0.119. The summed E-state index contributed by atoms with van der Waals surface area (Å²) < 4.78 is 5.44. The Hall–Kier alpha value is -3.19. The van der Waals surface area contributed by atoms with Crippen molar-refractivity contribution in [2.45, 2.75) is 32.1 Å². The monoisotopic (exact) mass is 435 g/mol. The number of thiazole rings is 1. The zero-order valence-corrected chi connectivity index (χ0v) is 18.3. The second kappa shape index (κ2) is 9.75. The van der Waals surface area contributed by atoms with E-state index in [1.807, 2.05) is 29.6 Å². The number of amides is 2. The normalized spacial score (nSPS) is 13.8. The van der Waals surface area contributed by atoms with Crippen molar-refractivity contribution in [3.05, 3.63) is 70.2 Å². The van der Waals surface area contributed by atoms with Gasteiger partial charge in [0.15, 0.2) is 0 Å². The highest BCUT2D eigenvalue weighted by Gasteiger charge is 2.23. The molecule has 0 spiro atoms. The Morgan fingerprint density at radius 2 is 2.03 bits per heavy atom. The van der Waals surface area contributed by atoms with Gasteiger partial charge >= 0.3 is 0 Å². The fourth-order valence-electron chi connectivity index (χ4n) is 3.69. The molecule has 31 heavy (non-hydrogen) atoms. The summed E-state index contributed by atoms with van der Waals surface area (Å²) in [6.45, 7) is 0.662. The molecule has 1 aliphatic heterocycles. The van der Waals surface area contributed by atoms with Crippen LogP contribution in [0.2, 0.25) is 0 Å². The number of benzene rings is 2. The Kier molecular flexibility index (Phi) is 6.62. The van der Waals surface area contributed by atoms with E-state index in [0.29, 0.717) is 30.1 Å². The van der Waals surface area contributed by atoms with Crippen molar-refractivity contribution in [3.8, 4) is 5.75 Å². The Bertz CT molecular complexity index is 1060. The van der Waals surface area contributed by atoms with Crippen LogP contribution in [0.1, 0.15) is 35.5 Å². The van der Waals surface area contributed by atoms with Crippen molar-refractivity contribution in [2.75, 3.05) is 23.9 Å². The minimum Gasteiger partial charge on any atom is -0.495 e. The average Bonchev–Trinajstić information content (AvgIpc) is 3.21. The van der Waals surface area contributed by atoms with E-state index < -0.39 is 0 Å². The van der Waals surface area contributed by atoms with E-state index in [0.717, 1.165) is 30.0 Å². The molecular weight excluding hydrogens is 410 g/mol. The minimum absolute atomic E-state index is 0.0847. The summed E-state index contributed by atoms with van der Waals surface area (Å²) in [6, 6.07) is 15.5. The zero-order valence-electron chi connectivity index (χ0n) is 17.5. The highest BCUT2D eigenvalue weighted by atomic mass is 32.1. The van der Waals surface area contributed by atoms with Crippen LogP contribution in [-0.4, -0.2) is 30.5 Å². The molecule has 1 aliphatic rings. The van der Waals surface area contributed by atoms with Crippen LogP contribution >= 0.6 is 11.3 Å². The van der Waals surface area contributed by atoms with Crippen LogP contribution in [0.25, 0.3) is 0 Å². The van der Waals surface area contributed by atoms with Gasteiger partial charge in [-0.1, -0.05) is 30.3 Å². The van der Waals surface area contributed by atoms with E-state index in [4.69, 9.17) is 4.74 Å². The Labute approximate surface area is 185 Å². The number of carbonyl (C=O) groups is 2. The summed E-state index contributed by atoms with van der Waals surface area (Å²) in [4.78, 5) is 31.3. The lowest BCUT2D eigenvalue weighted by Crippen LogP contribution is -2.35. The summed E-state index contributed by atoms with van der Waals surface area (Å²) in [5.41, 5.74) is 3.29. The third-order valence-electron chi connectivity index (χ3n) is 5.22. The topological polar surface area (TPSA) is 71.5 Å². The maximum atomic E-state index is 12.6. The van der Waals surface area contributed by atoms with Gasteiger partial charge in [-0.25, -0.2) is 4.98 Å². The molecule has 0 atom stereocenters. The molecule has 1 fully saturated rings. The molecule has 2 heterocycles. The predicted octanol–water partition coefficient (Wildman–Crippen LogP) is 4.44. The van der Waals surface area contributed by atoms with Gasteiger partial charge in [0, 0.05) is 30.5 Å². The first-order chi connectivity index (χ1) is 15.1. The lowest BCUT2D eigenvalue weighted by Gasteiger charge is -2.28. The van der Waals surface area contributed by atoms with Gasteiger partial charge < -0.3 is 15.0 Å². The molecule has 7 heteroatoms. The van der Waals surface area contributed by atoms with Gasteiger partial charge in [-0.05, 0) is 36.6 Å². The highest BCUT2D eigenvalue weighted by molar-refractivity contribution is 7.09. The third kappa shape index (κ3) is 5.30. The van der Waals surface area contributed by atoms with E-state index in [1.165, 1.54) is 5.56 Å². The molecular formula is C24H25N3O3S. The fraction of sp³-hybridized carbons (Fsp3) is 0.292. The van der Waals surface area contributed by atoms with Crippen LogP contribution in [-0.2, 0) is 22.4 Å². The molecule has 2 amide bonds. The molecule has 0 radical (unpaired) electrons. The maximum absolute atomic E-state index is 12.6. The molecule has 1 N–H and O–H groups in total. The highest BCUT2D eigenvalue weighted by Crippen LogP contribution is 2.33. The number of hydrogen-bond donors (Lipinski definition) is 1. The summed E-state index contributed by atoms with van der Waals surface area (Å²) in [5.74, 6) is 0.567. The van der Waals surface area contributed by atoms with Gasteiger partial charge in [-0.15, -0.1) is 11.3 Å². The molecule has 160 valence electrons. The molecule has 1 aromatic heterocycles. The van der Waals surface area contributed by atoms with Crippen LogP contribution in [0.5, 0.6) is 5.75 Å². The number of methoxy groups -OCH3 is 1. The smallest absolute Gasteiger partial charge is 0.230 e. The predicted molar refractivity (Wildman–Crippen MR) is 123 cm³/mol. The molecule has 0 aliphatic carbocycles. The zero-order chi connectivity index (χ0) is 21.6. The number of nitrogens with zero attached hydrogens (tertiary/aromatic N) is 2. The van der Waals surface area contributed by atoms with Crippen LogP contribution in [0.3, 0.4) is 0 Å². The van der Waals surface area contributed by atoms with E-state index >= 15 is 0 Å². The quantitative estimate of drug-likeness (QED) is 0.596. The van der Waals surface area contributed by atoms with E-state index in [2.05, 4.69) is 22.4 Å². The standard InChI is InChI=1S/C24H25N3O3S/c1-30-21-11-10-18(14-20(21)27-12-6-5-9-24(27)29)25-22(28)15-19-16-31-23(26-19)13-17-7-3-2-4-8-17/h2-4,7-8,10-11,14,16H,5-6,9,12-13,15H2,1H3,(H,25,28). The maximum Gasteiger partial charge on any atom is 0.230 e. The van der Waals surface area contributed by atoms with E-state index in [1.54, 1.807) is 35.5 Å². The van der Waals surface area contributed by atoms with E-state index in [9.17, 15) is 9.59 Å². The number of anilines is 2. The molecule has 0 unspecified atom stereocenters. The van der Waals surface area contributed by atoms with Crippen molar-refractivity contribution in [1.82, 2.24) is 4.98 Å². The van der Waals surface area contributed by atoms with Crippen LogP contribution < -0.4 is 15.0 Å². The summed E-state index contributed by atoms with van der Waals surface area (Å²) in [5, 5.41) is 5.85. The van der Waals surface area contributed by atoms with Gasteiger partial charge in [-0.3, -0.25) is 9.59 Å². The number of aromatic nitrogens is 1. The van der Waals surface area contributed by atoms with Crippen molar-refractivity contribution >= 4 is 34.5 Å². The van der Waals surface area contributed by atoms with Crippen LogP contribution in [0, 0.1) is 0 Å². The summed E-state index contributed by atoms with van der Waals surface area (Å²) in [6.07, 6.45) is 3.37. The lowest BCUT2D eigenvalue weighted by atomic mass is 10.1. The molecule has 1 saturated heterocycles. The average molecular weight is 436 g/mol. The Balaban J connectivity index is 1.42. The second-order valence-corrected chi connectivity index (χ2v) is 8.45. The summed E-state index contributed by atoms with van der Waals surface area (Å²) >= 11 is 1.57. The molecule has 3 aromatic rings. The molecule has 0 saturated carbocycles. The van der Waals surface area contributed by atoms with E-state index in [-0.39, 0.29) is 18.2 Å². The third-order valence-corrected chi connectivity index (χ3v) is 6.11. The van der Waals surface area contributed by atoms with Gasteiger partial charge in [0.2, 0.25) is 11.8 Å². The number of rotatable bonds is 7. The fourth-order valence-corrected chi connectivity index (χ4v) is 4.52. The van der Waals surface area contributed by atoms with Gasteiger partial charge in [0.05, 0.1) is 29.9 Å². The number of ether oxygens (including phenoxy) is 1. The summed E-state index contributed by atoms with van der Waals surface area (Å²) in [7, 11) is 1.58. The first-order valence-electron chi connectivity index (χ1n) is 10.4. The molecule has 4 rings (SSSR count). The first kappa shape index (κ1) is 21.1. The molecule has 0 bridgehead atoms. The van der Waals surface area contributed by atoms with Crippen LogP contribution in [0.4, 0.5) is 11.4 Å². The van der Waals surface area contributed by atoms with Gasteiger partial charge in [-0.2, -0.15) is 0 Å². The van der Waals surface area contributed by atoms with Crippen molar-refractivity contribution < 1.29 is 14.3 Å².